The molecule has 0 aliphatic carbocycles. The highest BCUT2D eigenvalue weighted by Gasteiger charge is 2.50. The van der Waals surface area contributed by atoms with E-state index in [2.05, 4.69) is 69.3 Å². The molecule has 0 atom stereocenters. The van der Waals surface area contributed by atoms with E-state index in [1.807, 2.05) is 63.2 Å². The predicted octanol–water partition coefficient (Wildman–Crippen LogP) is 5.70. The minimum absolute atomic E-state index is 0.167. The fourth-order valence-electron chi connectivity index (χ4n) is 6.61. The zero-order valence-corrected chi connectivity index (χ0v) is 28.9. The third-order valence-electron chi connectivity index (χ3n) is 8.97. The van der Waals surface area contributed by atoms with Crippen LogP contribution in [0.5, 0.6) is 0 Å². The molecule has 240 valence electrons. The van der Waals surface area contributed by atoms with Crippen LogP contribution in [0.25, 0.3) is 22.1 Å². The van der Waals surface area contributed by atoms with Crippen molar-refractivity contribution in [3.05, 3.63) is 141 Å². The lowest BCUT2D eigenvalue weighted by atomic mass is 10.1. The molecule has 2 heterocycles. The second kappa shape index (κ2) is 12.7. The van der Waals surface area contributed by atoms with Gasteiger partial charge in [-0.05, 0) is 65.5 Å². The van der Waals surface area contributed by atoms with Crippen LogP contribution in [0.3, 0.4) is 0 Å². The van der Waals surface area contributed by atoms with Crippen LogP contribution in [0.1, 0.15) is 51.7 Å². The van der Waals surface area contributed by atoms with Crippen LogP contribution < -0.4 is 21.6 Å². The third-order valence-corrected chi connectivity index (χ3v) is 14.0. The molecule has 0 unspecified atom stereocenters. The lowest BCUT2D eigenvalue weighted by Crippen LogP contribution is -2.66. The van der Waals surface area contributed by atoms with Gasteiger partial charge < -0.3 is 4.43 Å². The molecule has 0 saturated heterocycles. The van der Waals surface area contributed by atoms with E-state index < -0.39 is 8.32 Å². The lowest BCUT2D eigenvalue weighted by molar-refractivity contribution is 0.270. The van der Waals surface area contributed by atoms with Crippen LogP contribution in [0.15, 0.2) is 113 Å². The molecule has 0 fully saturated rings. The standard InChI is InChI=1S/C38H41N5O3Si/c1-7-33-32-25-28(23-24-31(32)36(44)43(39-33)34-22-16-15-17-27(34)3)42-37(45)41(8-2)35(40-42)26-46-47(38(4,5)6,29-18-11-9-12-19-29)30-20-13-10-14-21-30/h9-25H,7-8,26H2,1-6H3. The first kappa shape index (κ1) is 32.1. The molecule has 0 aliphatic rings. The first-order valence-corrected chi connectivity index (χ1v) is 18.1. The number of aromatic nitrogens is 5. The van der Waals surface area contributed by atoms with Crippen LogP contribution in [0.2, 0.25) is 5.04 Å². The maximum absolute atomic E-state index is 13.9. The van der Waals surface area contributed by atoms with Crippen LogP contribution in [0.4, 0.5) is 0 Å². The van der Waals surface area contributed by atoms with Gasteiger partial charge in [0.25, 0.3) is 13.9 Å². The second-order valence-electron chi connectivity index (χ2n) is 12.8. The number of aryl methyl sites for hydroxylation is 2. The summed E-state index contributed by atoms with van der Waals surface area (Å²) in [6.45, 7) is 13.2. The third kappa shape index (κ3) is 5.59. The van der Waals surface area contributed by atoms with Crippen molar-refractivity contribution in [3.63, 3.8) is 0 Å². The first-order chi connectivity index (χ1) is 22.6. The predicted molar refractivity (Wildman–Crippen MR) is 191 cm³/mol. The van der Waals surface area contributed by atoms with Gasteiger partial charge in [0.2, 0.25) is 0 Å². The van der Waals surface area contributed by atoms with Crippen LogP contribution in [0, 0.1) is 6.92 Å². The maximum atomic E-state index is 13.9. The molecule has 0 radical (unpaired) electrons. The summed E-state index contributed by atoms with van der Waals surface area (Å²) < 4.78 is 11.7. The normalized spacial score (nSPS) is 12.1. The molecule has 47 heavy (non-hydrogen) atoms. The molecule has 2 aromatic heterocycles. The Morgan fingerprint density at radius 2 is 1.36 bits per heavy atom. The van der Waals surface area contributed by atoms with Gasteiger partial charge in [-0.2, -0.15) is 14.5 Å². The monoisotopic (exact) mass is 643 g/mol. The fraction of sp³-hybridized carbons (Fsp3) is 0.263. The number of para-hydroxylation sites is 1. The number of nitrogens with zero attached hydrogens (tertiary/aromatic N) is 5. The van der Waals surface area contributed by atoms with Gasteiger partial charge in [0, 0.05) is 11.9 Å². The average molecular weight is 644 g/mol. The SMILES string of the molecule is CCc1nn(-c2ccccc2C)c(=O)c2ccc(-n3nc(CO[Si](c4ccccc4)(c4ccccc4)C(C)(C)C)n(CC)c3=O)cc12. The van der Waals surface area contributed by atoms with Gasteiger partial charge in [0.05, 0.1) is 29.1 Å². The molecule has 9 heteroatoms. The van der Waals surface area contributed by atoms with E-state index in [1.54, 1.807) is 16.7 Å². The topological polar surface area (TPSA) is 83.9 Å². The van der Waals surface area contributed by atoms with Gasteiger partial charge in [-0.1, -0.05) is 107 Å². The molecule has 0 bridgehead atoms. The van der Waals surface area contributed by atoms with Crippen LogP contribution in [-0.2, 0) is 24.0 Å². The van der Waals surface area contributed by atoms with Crippen LogP contribution in [-0.4, -0.2) is 32.4 Å². The van der Waals surface area contributed by atoms with Crippen molar-refractivity contribution < 1.29 is 4.43 Å². The Hall–Kier alpha value is -4.86. The van der Waals surface area contributed by atoms with Gasteiger partial charge >= 0.3 is 5.69 Å². The van der Waals surface area contributed by atoms with Gasteiger partial charge in [0.1, 0.15) is 0 Å². The van der Waals surface area contributed by atoms with Crippen molar-refractivity contribution in [1.29, 1.82) is 0 Å². The Morgan fingerprint density at radius 3 is 1.94 bits per heavy atom. The second-order valence-corrected chi connectivity index (χ2v) is 17.1. The first-order valence-electron chi connectivity index (χ1n) is 16.2. The molecule has 0 saturated carbocycles. The summed E-state index contributed by atoms with van der Waals surface area (Å²) in [5.74, 6) is 0.550. The Bertz CT molecular complexity index is 2120. The fourth-order valence-corrected chi connectivity index (χ4v) is 11.1. The summed E-state index contributed by atoms with van der Waals surface area (Å²) >= 11 is 0. The quantitative estimate of drug-likeness (QED) is 0.189. The van der Waals surface area contributed by atoms with Crippen molar-refractivity contribution in [2.24, 2.45) is 0 Å². The zero-order valence-electron chi connectivity index (χ0n) is 27.9. The largest absolute Gasteiger partial charge is 0.400 e. The van der Waals surface area contributed by atoms with Crippen molar-refractivity contribution >= 4 is 29.5 Å². The number of hydrogen-bond donors (Lipinski definition) is 0. The smallest absolute Gasteiger partial charge is 0.350 e. The molecule has 0 aliphatic heterocycles. The highest BCUT2D eigenvalue weighted by atomic mass is 28.4. The van der Waals surface area contributed by atoms with E-state index in [0.29, 0.717) is 35.2 Å². The van der Waals surface area contributed by atoms with E-state index in [0.717, 1.165) is 27.3 Å². The molecule has 6 aromatic rings. The summed E-state index contributed by atoms with van der Waals surface area (Å²) in [7, 11) is -2.86. The van der Waals surface area contributed by atoms with Crippen molar-refractivity contribution in [1.82, 2.24) is 24.1 Å². The summed E-state index contributed by atoms with van der Waals surface area (Å²) in [5, 5.41) is 13.0. The molecule has 0 N–H and O–H groups in total. The lowest BCUT2D eigenvalue weighted by Gasteiger charge is -2.42. The highest BCUT2D eigenvalue weighted by Crippen LogP contribution is 2.37. The van der Waals surface area contributed by atoms with Crippen molar-refractivity contribution in [2.45, 2.75) is 66.2 Å². The zero-order chi connectivity index (χ0) is 33.3. The van der Waals surface area contributed by atoms with E-state index in [9.17, 15) is 9.59 Å². The molecule has 0 spiro atoms. The summed E-state index contributed by atoms with van der Waals surface area (Å²) in [4.78, 5) is 27.5. The van der Waals surface area contributed by atoms with E-state index in [-0.39, 0.29) is 22.9 Å². The number of fused-ring (bicyclic) bond motifs is 1. The summed E-state index contributed by atoms with van der Waals surface area (Å²) in [5.41, 5.74) is 2.59. The van der Waals surface area contributed by atoms with E-state index >= 15 is 0 Å². The van der Waals surface area contributed by atoms with Crippen LogP contribution >= 0.6 is 0 Å². The van der Waals surface area contributed by atoms with Gasteiger partial charge in [-0.3, -0.25) is 9.36 Å². The van der Waals surface area contributed by atoms with Crippen molar-refractivity contribution in [3.8, 4) is 11.4 Å². The summed E-state index contributed by atoms with van der Waals surface area (Å²) in [6, 6.07) is 34.0. The van der Waals surface area contributed by atoms with Gasteiger partial charge in [0.15, 0.2) is 5.82 Å². The Balaban J connectivity index is 1.44. The van der Waals surface area contributed by atoms with E-state index in [4.69, 9.17) is 14.6 Å². The Kier molecular flexibility index (Phi) is 8.70. The molecule has 8 nitrogen and oxygen atoms in total. The number of rotatable bonds is 9. The number of benzene rings is 4. The molecular formula is C38H41N5O3Si. The average Bonchev–Trinajstić information content (AvgIpc) is 3.40. The number of hydrogen-bond acceptors (Lipinski definition) is 5. The summed E-state index contributed by atoms with van der Waals surface area (Å²) in [6.07, 6.45) is 0.613. The van der Waals surface area contributed by atoms with Crippen molar-refractivity contribution in [2.75, 3.05) is 0 Å². The van der Waals surface area contributed by atoms with Gasteiger partial charge in [-0.25, -0.2) is 4.79 Å². The molecule has 6 rings (SSSR count). The minimum atomic E-state index is -2.86. The molecule has 4 aromatic carbocycles. The Labute approximate surface area is 276 Å². The highest BCUT2D eigenvalue weighted by molar-refractivity contribution is 6.99. The van der Waals surface area contributed by atoms with E-state index in [1.165, 1.54) is 9.36 Å². The molecular weight excluding hydrogens is 603 g/mol. The minimum Gasteiger partial charge on any atom is -0.400 e. The Morgan fingerprint density at radius 1 is 0.745 bits per heavy atom. The van der Waals surface area contributed by atoms with Gasteiger partial charge in [-0.15, -0.1) is 5.10 Å². The maximum Gasteiger partial charge on any atom is 0.350 e. The molecule has 0 amide bonds.